The summed E-state index contributed by atoms with van der Waals surface area (Å²) in [6.45, 7) is 4.44. The molecule has 5 aromatic carbocycles. The van der Waals surface area contributed by atoms with Crippen LogP contribution in [0.5, 0.6) is 0 Å². The summed E-state index contributed by atoms with van der Waals surface area (Å²) in [5.41, 5.74) is 8.29. The van der Waals surface area contributed by atoms with E-state index in [2.05, 4.69) is 111 Å². The maximum Gasteiger partial charge on any atom is 4.00 e. The Morgan fingerprint density at radius 2 is 1.54 bits per heavy atom. The molecule has 1 aliphatic rings. The first-order valence-corrected chi connectivity index (χ1v) is 12.4. The number of halogens is 2. The predicted octanol–water partition coefficient (Wildman–Crippen LogP) is 0.614. The van der Waals surface area contributed by atoms with Crippen molar-refractivity contribution >= 4 is 30.7 Å². The van der Waals surface area contributed by atoms with E-state index in [1.807, 2.05) is 6.07 Å². The summed E-state index contributed by atoms with van der Waals surface area (Å²) in [5.74, 6) is 0. The largest absolute Gasteiger partial charge is 4.00 e. The maximum atomic E-state index is 3.31. The molecular formula is C31H26Cl2SiZr. The summed E-state index contributed by atoms with van der Waals surface area (Å²) in [7, 11) is 0.795. The van der Waals surface area contributed by atoms with E-state index in [9.17, 15) is 0 Å². The van der Waals surface area contributed by atoms with Gasteiger partial charge in [-0.15, -0.1) is 40.1 Å². The molecule has 1 aliphatic heterocycles. The van der Waals surface area contributed by atoms with Gasteiger partial charge in [0.15, 0.2) is 0 Å². The van der Waals surface area contributed by atoms with Crippen molar-refractivity contribution in [3.8, 4) is 22.3 Å². The zero-order chi connectivity index (χ0) is 21.9. The van der Waals surface area contributed by atoms with Crippen LogP contribution in [0, 0.1) is 13.0 Å². The Bertz CT molecular complexity index is 1330. The van der Waals surface area contributed by atoms with Crippen molar-refractivity contribution in [1.29, 1.82) is 0 Å². The van der Waals surface area contributed by atoms with Gasteiger partial charge in [-0.3, -0.25) is 0 Å². The minimum absolute atomic E-state index is 0. The molecule has 6 rings (SSSR count). The molecule has 0 nitrogen and oxygen atoms in total. The van der Waals surface area contributed by atoms with Crippen molar-refractivity contribution in [3.63, 3.8) is 0 Å². The molecular weight excluding hydrogens is 563 g/mol. The number of aryl methyl sites for hydroxylation is 2. The summed E-state index contributed by atoms with van der Waals surface area (Å²) in [6, 6.07) is 38.1. The summed E-state index contributed by atoms with van der Waals surface area (Å²) < 4.78 is 0. The third-order valence-electron chi connectivity index (χ3n) is 6.09. The molecule has 0 atom stereocenters. The Morgan fingerprint density at radius 3 is 2.31 bits per heavy atom. The fraction of sp³-hybridized carbons (Fsp3) is 0.129. The number of hydrogen-bond donors (Lipinski definition) is 0. The third-order valence-corrected chi connectivity index (χ3v) is 7.46. The molecule has 35 heavy (non-hydrogen) atoms. The van der Waals surface area contributed by atoms with E-state index in [1.165, 1.54) is 67.4 Å². The van der Waals surface area contributed by atoms with E-state index >= 15 is 0 Å². The van der Waals surface area contributed by atoms with Crippen molar-refractivity contribution in [2.45, 2.75) is 26.7 Å². The summed E-state index contributed by atoms with van der Waals surface area (Å²) >= 11 is 0. The van der Waals surface area contributed by atoms with Crippen LogP contribution in [0.3, 0.4) is 0 Å². The van der Waals surface area contributed by atoms with Crippen molar-refractivity contribution in [2.24, 2.45) is 0 Å². The molecule has 172 valence electrons. The van der Waals surface area contributed by atoms with Crippen molar-refractivity contribution in [1.82, 2.24) is 0 Å². The number of benzene rings is 4. The van der Waals surface area contributed by atoms with E-state index in [4.69, 9.17) is 0 Å². The number of hydrogen-bond acceptors (Lipinski definition) is 0. The van der Waals surface area contributed by atoms with Crippen LogP contribution < -0.4 is 35.2 Å². The van der Waals surface area contributed by atoms with Crippen molar-refractivity contribution in [2.75, 3.05) is 0 Å². The average Bonchev–Trinajstić information content (AvgIpc) is 3.41. The molecule has 2 radical (unpaired) electrons. The van der Waals surface area contributed by atoms with Gasteiger partial charge >= 0.3 is 26.2 Å². The molecule has 0 fully saturated rings. The Hall–Kier alpha value is -1.83. The van der Waals surface area contributed by atoms with Crippen LogP contribution >= 0.6 is 0 Å². The van der Waals surface area contributed by atoms with Gasteiger partial charge in [-0.1, -0.05) is 89.8 Å². The summed E-state index contributed by atoms with van der Waals surface area (Å²) in [4.78, 5) is 0. The summed E-state index contributed by atoms with van der Waals surface area (Å²) in [5, 5.41) is 5.59. The summed E-state index contributed by atoms with van der Waals surface area (Å²) in [6.07, 6.45) is 2.37. The SMILES string of the molecule is CCCc1cc2c(-c3ccccc3)c(C)ccc2[cH-]1.[Cl-].[Cl-].[Zr+4].[c-]1cccc2c1[Si]c1ccccc1-2. The Morgan fingerprint density at radius 1 is 0.829 bits per heavy atom. The van der Waals surface area contributed by atoms with Gasteiger partial charge in [0.25, 0.3) is 0 Å². The van der Waals surface area contributed by atoms with E-state index in [0.717, 1.165) is 9.52 Å². The van der Waals surface area contributed by atoms with E-state index in [-0.39, 0.29) is 51.0 Å². The van der Waals surface area contributed by atoms with Crippen molar-refractivity contribution < 1.29 is 51.0 Å². The van der Waals surface area contributed by atoms with Gasteiger partial charge in [-0.25, -0.2) is 0 Å². The number of rotatable bonds is 3. The van der Waals surface area contributed by atoms with Crippen LogP contribution in [-0.2, 0) is 32.6 Å². The van der Waals surface area contributed by atoms with Gasteiger partial charge in [-0.2, -0.15) is 35.5 Å². The molecule has 0 amide bonds. The fourth-order valence-electron chi connectivity index (χ4n) is 4.60. The van der Waals surface area contributed by atoms with Gasteiger partial charge in [0.05, 0.1) is 9.52 Å². The topological polar surface area (TPSA) is 0 Å². The van der Waals surface area contributed by atoms with Gasteiger partial charge in [0.1, 0.15) is 0 Å². The van der Waals surface area contributed by atoms with Crippen LogP contribution in [0.4, 0.5) is 0 Å². The van der Waals surface area contributed by atoms with Crippen LogP contribution in [0.15, 0.2) is 97.1 Å². The molecule has 0 aromatic heterocycles. The zero-order valence-electron chi connectivity index (χ0n) is 19.9. The molecule has 0 unspecified atom stereocenters. The molecule has 0 bridgehead atoms. The van der Waals surface area contributed by atoms with Crippen LogP contribution in [0.25, 0.3) is 33.0 Å². The fourth-order valence-corrected chi connectivity index (χ4v) is 5.91. The number of fused-ring (bicyclic) bond motifs is 4. The van der Waals surface area contributed by atoms with Gasteiger partial charge in [-0.05, 0) is 18.9 Å². The molecule has 0 saturated heterocycles. The van der Waals surface area contributed by atoms with E-state index in [0.29, 0.717) is 0 Å². The molecule has 0 aliphatic carbocycles. The molecule has 1 heterocycles. The standard InChI is InChI=1S/C19H19.C12H7Si.2ClH.Zr/c1-3-7-15-12-17-11-10-14(2)19(18(17)13-15)16-8-5-4-6-9-16;1-3-7-11-9(5-1)10-6-2-4-8-12(10)13-11;;;/h4-6,8-13H,3,7H2,1-2H3;1-7H;2*1H;/q2*-1;;;+4/p-2. The molecule has 4 heteroatoms. The van der Waals surface area contributed by atoms with Crippen LogP contribution in [0.2, 0.25) is 0 Å². The maximum absolute atomic E-state index is 3.31. The Kier molecular flexibility index (Phi) is 11.3. The second kappa shape index (κ2) is 13.5. The van der Waals surface area contributed by atoms with E-state index in [1.54, 1.807) is 0 Å². The van der Waals surface area contributed by atoms with Crippen LogP contribution in [0.1, 0.15) is 24.5 Å². The first-order chi connectivity index (χ1) is 15.7. The first-order valence-electron chi connectivity index (χ1n) is 11.4. The second-order valence-corrected chi connectivity index (χ2v) is 9.66. The minimum atomic E-state index is 0. The minimum Gasteiger partial charge on any atom is -1.00 e. The predicted molar refractivity (Wildman–Crippen MR) is 139 cm³/mol. The molecule has 0 N–H and O–H groups in total. The average molecular weight is 589 g/mol. The first kappa shape index (κ1) is 29.4. The quantitative estimate of drug-likeness (QED) is 0.210. The Balaban J connectivity index is 0.000000239. The second-order valence-electron chi connectivity index (χ2n) is 8.37. The monoisotopic (exact) mass is 586 g/mol. The molecule has 5 aromatic rings. The van der Waals surface area contributed by atoms with E-state index < -0.39 is 0 Å². The Labute approximate surface area is 243 Å². The van der Waals surface area contributed by atoms with Gasteiger partial charge < -0.3 is 24.8 Å². The smallest absolute Gasteiger partial charge is 1.00 e. The van der Waals surface area contributed by atoms with Crippen molar-refractivity contribution in [3.05, 3.63) is 114 Å². The van der Waals surface area contributed by atoms with Gasteiger partial charge in [0.2, 0.25) is 0 Å². The zero-order valence-corrected chi connectivity index (χ0v) is 24.9. The molecule has 0 saturated carbocycles. The third kappa shape index (κ3) is 6.30. The normalized spacial score (nSPS) is 10.6. The van der Waals surface area contributed by atoms with Crippen LogP contribution in [-0.4, -0.2) is 9.52 Å². The van der Waals surface area contributed by atoms with Gasteiger partial charge in [0, 0.05) is 0 Å². The molecule has 0 spiro atoms.